The molecule has 2 aromatic rings. The second-order valence-corrected chi connectivity index (χ2v) is 7.30. The van der Waals surface area contributed by atoms with E-state index >= 15 is 0 Å². The summed E-state index contributed by atoms with van der Waals surface area (Å²) < 4.78 is 0. The van der Waals surface area contributed by atoms with Crippen LogP contribution >= 0.6 is 32.7 Å². The van der Waals surface area contributed by atoms with Crippen molar-refractivity contribution >= 4 is 43.3 Å². The molecule has 0 N–H and O–H groups in total. The first-order valence-electron chi connectivity index (χ1n) is 6.31. The SMILES string of the molecule is Cl.Cl.[Pd][CH2]CCCP(c1ccccc1)c1ccccc1. The number of unbranched alkanes of at least 4 members (excludes halogenated alkanes) is 1. The average molecular weight is 421 g/mol. The van der Waals surface area contributed by atoms with Crippen LogP contribution in [0, 0.1) is 0 Å². The van der Waals surface area contributed by atoms with E-state index in [2.05, 4.69) is 79.9 Å². The molecule has 0 aliphatic rings. The standard InChI is InChI=1S/C16H18P.2ClH.Pd/c1-2-3-14-17(15-10-6-4-7-11-15)16-12-8-5-9-13-16;;;/h4-13H,1-3,14H2;2*1H;. The quantitative estimate of drug-likeness (QED) is 0.361. The molecule has 0 atom stereocenters. The van der Waals surface area contributed by atoms with Crippen molar-refractivity contribution in [2.75, 3.05) is 6.16 Å². The summed E-state index contributed by atoms with van der Waals surface area (Å²) in [6.45, 7) is 0. The summed E-state index contributed by atoms with van der Waals surface area (Å²) >= 11 is 3.27. The molecule has 0 fully saturated rings. The van der Waals surface area contributed by atoms with Crippen molar-refractivity contribution in [1.29, 1.82) is 0 Å². The van der Waals surface area contributed by atoms with Gasteiger partial charge in [-0.25, -0.2) is 0 Å². The van der Waals surface area contributed by atoms with E-state index in [-0.39, 0.29) is 32.7 Å². The summed E-state index contributed by atoms with van der Waals surface area (Å²) in [4.78, 5) is 1.15. The molecule has 0 nitrogen and oxygen atoms in total. The van der Waals surface area contributed by atoms with E-state index in [1.807, 2.05) is 0 Å². The van der Waals surface area contributed by atoms with Gasteiger partial charge in [0.25, 0.3) is 0 Å². The van der Waals surface area contributed by atoms with Crippen LogP contribution in [0.25, 0.3) is 0 Å². The summed E-state index contributed by atoms with van der Waals surface area (Å²) in [7, 11) is -0.179. The minimum atomic E-state index is -0.179. The second-order valence-electron chi connectivity index (χ2n) is 4.19. The summed E-state index contributed by atoms with van der Waals surface area (Å²) in [6, 6.07) is 21.9. The van der Waals surface area contributed by atoms with Gasteiger partial charge >= 0.3 is 122 Å². The molecule has 2 aromatic carbocycles. The number of hydrogen-bond acceptors (Lipinski definition) is 0. The first-order valence-corrected chi connectivity index (χ1v) is 8.93. The van der Waals surface area contributed by atoms with Crippen LogP contribution < -0.4 is 10.6 Å². The fraction of sp³-hybridized carbons (Fsp3) is 0.250. The average Bonchev–Trinajstić information content (AvgIpc) is 2.46. The normalized spacial score (nSPS) is 9.75. The molecular weight excluding hydrogens is 400 g/mol. The number of hydrogen-bond donors (Lipinski definition) is 0. The molecule has 0 aliphatic heterocycles. The molecule has 0 unspecified atom stereocenters. The van der Waals surface area contributed by atoms with Crippen molar-refractivity contribution in [3.05, 3.63) is 60.7 Å². The Morgan fingerprint density at radius 2 is 1.15 bits per heavy atom. The van der Waals surface area contributed by atoms with Gasteiger partial charge in [-0.3, -0.25) is 0 Å². The van der Waals surface area contributed by atoms with Crippen molar-refractivity contribution in [2.45, 2.75) is 17.7 Å². The van der Waals surface area contributed by atoms with Crippen LogP contribution in [0.4, 0.5) is 0 Å². The van der Waals surface area contributed by atoms with Gasteiger partial charge in [0, 0.05) is 0 Å². The summed E-state index contributed by atoms with van der Waals surface area (Å²) in [5.74, 6) is 0. The molecule has 20 heavy (non-hydrogen) atoms. The molecule has 0 saturated carbocycles. The first kappa shape index (κ1) is 20.1. The van der Waals surface area contributed by atoms with Crippen molar-refractivity contribution in [3.8, 4) is 0 Å². The third-order valence-electron chi connectivity index (χ3n) is 2.88. The van der Waals surface area contributed by atoms with Crippen LogP contribution in [-0.4, -0.2) is 6.16 Å². The Morgan fingerprint density at radius 1 is 0.700 bits per heavy atom. The van der Waals surface area contributed by atoms with E-state index in [1.165, 1.54) is 29.6 Å². The maximum absolute atomic E-state index is 3.27. The van der Waals surface area contributed by atoms with Crippen molar-refractivity contribution in [1.82, 2.24) is 0 Å². The summed E-state index contributed by atoms with van der Waals surface area (Å²) in [6.07, 6.45) is 3.87. The Bertz CT molecular complexity index is 411. The third-order valence-corrected chi connectivity index (χ3v) is 6.04. The van der Waals surface area contributed by atoms with Gasteiger partial charge in [0.1, 0.15) is 0 Å². The van der Waals surface area contributed by atoms with Crippen LogP contribution in [0.15, 0.2) is 60.7 Å². The Hall–Kier alpha value is 0.112. The minimum absolute atomic E-state index is 0. The van der Waals surface area contributed by atoms with Gasteiger partial charge in [0.15, 0.2) is 0 Å². The monoisotopic (exact) mass is 419 g/mol. The van der Waals surface area contributed by atoms with Gasteiger partial charge in [-0.05, 0) is 0 Å². The van der Waals surface area contributed by atoms with E-state index in [4.69, 9.17) is 0 Å². The Kier molecular flexibility index (Phi) is 11.8. The van der Waals surface area contributed by atoms with Gasteiger partial charge in [-0.2, -0.15) is 0 Å². The number of rotatable bonds is 6. The van der Waals surface area contributed by atoms with Gasteiger partial charge in [-0.1, -0.05) is 0 Å². The molecule has 0 amide bonds. The fourth-order valence-electron chi connectivity index (χ4n) is 1.97. The van der Waals surface area contributed by atoms with E-state index in [9.17, 15) is 0 Å². The van der Waals surface area contributed by atoms with Crippen LogP contribution in [0.3, 0.4) is 0 Å². The maximum atomic E-state index is 3.27. The predicted octanol–water partition coefficient (Wildman–Crippen LogP) is 4.71. The molecule has 2 rings (SSSR count). The Balaban J connectivity index is 0.00000180. The van der Waals surface area contributed by atoms with E-state index in [0.29, 0.717) is 0 Å². The van der Waals surface area contributed by atoms with Gasteiger partial charge in [0.2, 0.25) is 0 Å². The molecule has 0 bridgehead atoms. The predicted molar refractivity (Wildman–Crippen MR) is 92.5 cm³/mol. The van der Waals surface area contributed by atoms with Crippen molar-refractivity contribution in [3.63, 3.8) is 0 Å². The molecule has 0 heterocycles. The van der Waals surface area contributed by atoms with Gasteiger partial charge in [0.05, 0.1) is 0 Å². The Morgan fingerprint density at radius 3 is 1.55 bits per heavy atom. The van der Waals surface area contributed by atoms with Crippen LogP contribution in [0.2, 0.25) is 4.89 Å². The molecule has 4 heteroatoms. The van der Waals surface area contributed by atoms with Gasteiger partial charge in [-0.15, -0.1) is 24.8 Å². The van der Waals surface area contributed by atoms with E-state index in [0.717, 1.165) is 4.89 Å². The zero-order valence-electron chi connectivity index (χ0n) is 11.2. The van der Waals surface area contributed by atoms with Crippen LogP contribution in [-0.2, 0) is 19.2 Å². The molecule has 0 aliphatic carbocycles. The van der Waals surface area contributed by atoms with Gasteiger partial charge < -0.3 is 0 Å². The zero-order valence-corrected chi connectivity index (χ0v) is 15.3. The summed E-state index contributed by atoms with van der Waals surface area (Å²) in [5.41, 5.74) is 0. The molecule has 0 radical (unpaired) electrons. The third kappa shape index (κ3) is 6.26. The molecule has 0 saturated heterocycles. The van der Waals surface area contributed by atoms with Crippen LogP contribution in [0.5, 0.6) is 0 Å². The van der Waals surface area contributed by atoms with E-state index in [1.54, 1.807) is 0 Å². The van der Waals surface area contributed by atoms with E-state index < -0.39 is 0 Å². The molecule has 0 aromatic heterocycles. The zero-order chi connectivity index (χ0) is 12.6. The topological polar surface area (TPSA) is 0 Å². The van der Waals surface area contributed by atoms with Crippen LogP contribution in [0.1, 0.15) is 12.8 Å². The second kappa shape index (κ2) is 11.7. The number of benzene rings is 2. The molecule has 113 valence electrons. The molecule has 0 spiro atoms. The first-order chi connectivity index (χ1) is 8.92. The summed E-state index contributed by atoms with van der Waals surface area (Å²) in [5, 5.41) is 2.99. The Labute approximate surface area is 146 Å². The van der Waals surface area contributed by atoms with Crippen molar-refractivity contribution < 1.29 is 19.2 Å². The fourth-order valence-corrected chi connectivity index (χ4v) is 4.78. The molecular formula is C16H20Cl2PPd. The number of halogens is 2. The van der Waals surface area contributed by atoms with Crippen molar-refractivity contribution in [2.24, 2.45) is 0 Å².